The monoisotopic (exact) mass is 337 g/mol. The molecule has 1 N–H and O–H groups in total. The molecule has 0 saturated carbocycles. The largest absolute Gasteiger partial charge is 0.490 e. The van der Waals surface area contributed by atoms with Crippen molar-refractivity contribution < 1.29 is 13.2 Å². The van der Waals surface area contributed by atoms with Gasteiger partial charge in [-0.05, 0) is 36.9 Å². The van der Waals surface area contributed by atoms with Gasteiger partial charge in [-0.15, -0.1) is 11.8 Å². The first kappa shape index (κ1) is 15.1. The fourth-order valence-electron chi connectivity index (χ4n) is 2.27. The van der Waals surface area contributed by atoms with E-state index in [-0.39, 0.29) is 16.8 Å². The number of hydrogen-bond donors (Lipinski definition) is 1. The first-order valence-corrected chi connectivity index (χ1v) is 9.37. The maximum atomic E-state index is 12.5. The van der Waals surface area contributed by atoms with E-state index in [1.54, 1.807) is 18.2 Å². The van der Waals surface area contributed by atoms with Gasteiger partial charge < -0.3 is 4.74 Å². The van der Waals surface area contributed by atoms with Crippen molar-refractivity contribution in [2.24, 2.45) is 0 Å². The summed E-state index contributed by atoms with van der Waals surface area (Å²) in [7, 11) is -3.68. The van der Waals surface area contributed by atoms with Crippen LogP contribution in [0.25, 0.3) is 0 Å². The molecule has 0 spiro atoms. The van der Waals surface area contributed by atoms with Crippen LogP contribution in [0.1, 0.15) is 12.5 Å². The molecule has 116 valence electrons. The van der Waals surface area contributed by atoms with Crippen LogP contribution in [-0.2, 0) is 16.4 Å². The summed E-state index contributed by atoms with van der Waals surface area (Å²) >= 11 is 1.42. The van der Waals surface area contributed by atoms with Crippen LogP contribution in [-0.4, -0.2) is 30.7 Å². The number of fused-ring (bicyclic) bond motifs is 1. The Labute approximate surface area is 133 Å². The SMILES string of the molecule is CSc1cc(NS(=O)(=O)c2ccc3c(c2)CC(C)O3)ncn1. The standard InChI is InChI=1S/C14H15N3O3S2/c1-9-5-10-6-11(3-4-12(10)20-9)22(18,19)17-13-7-14(21-2)16-8-15-13/h3-4,6-9H,5H2,1-2H3,(H,15,16,17). The Morgan fingerprint density at radius 1 is 1.32 bits per heavy atom. The number of nitrogens with zero attached hydrogens (tertiary/aromatic N) is 2. The van der Waals surface area contributed by atoms with E-state index in [1.165, 1.54) is 24.2 Å². The molecule has 1 unspecified atom stereocenters. The summed E-state index contributed by atoms with van der Waals surface area (Å²) in [6, 6.07) is 6.48. The molecular weight excluding hydrogens is 322 g/mol. The van der Waals surface area contributed by atoms with Gasteiger partial charge in [0.25, 0.3) is 10.0 Å². The molecule has 3 rings (SSSR count). The summed E-state index contributed by atoms with van der Waals surface area (Å²) in [4.78, 5) is 8.16. The third-order valence-electron chi connectivity index (χ3n) is 3.27. The van der Waals surface area contributed by atoms with Gasteiger partial charge in [-0.2, -0.15) is 0 Å². The van der Waals surface area contributed by atoms with Crippen LogP contribution < -0.4 is 9.46 Å². The quantitative estimate of drug-likeness (QED) is 0.681. The van der Waals surface area contributed by atoms with E-state index < -0.39 is 10.0 Å². The molecule has 1 aliphatic heterocycles. The minimum absolute atomic E-state index is 0.0758. The summed E-state index contributed by atoms with van der Waals surface area (Å²) in [5.74, 6) is 1.00. The molecule has 1 aromatic carbocycles. The fraction of sp³-hybridized carbons (Fsp3) is 0.286. The predicted octanol–water partition coefficient (Wildman–Crippen LogP) is 2.32. The average molecular weight is 337 g/mol. The number of ether oxygens (including phenoxy) is 1. The molecule has 1 aliphatic rings. The van der Waals surface area contributed by atoms with Crippen molar-refractivity contribution in [3.8, 4) is 5.75 Å². The Balaban J connectivity index is 1.88. The summed E-state index contributed by atoms with van der Waals surface area (Å²) in [6.07, 6.45) is 3.99. The van der Waals surface area contributed by atoms with Crippen molar-refractivity contribution in [3.63, 3.8) is 0 Å². The van der Waals surface area contributed by atoms with Crippen LogP contribution >= 0.6 is 11.8 Å². The lowest BCUT2D eigenvalue weighted by Gasteiger charge is -2.09. The minimum Gasteiger partial charge on any atom is -0.490 e. The van der Waals surface area contributed by atoms with E-state index in [2.05, 4.69) is 14.7 Å². The normalized spacial score (nSPS) is 16.9. The van der Waals surface area contributed by atoms with Crippen molar-refractivity contribution >= 4 is 27.6 Å². The van der Waals surface area contributed by atoms with E-state index in [0.717, 1.165) is 11.3 Å². The summed E-state index contributed by atoms with van der Waals surface area (Å²) in [5.41, 5.74) is 0.905. The summed E-state index contributed by atoms with van der Waals surface area (Å²) < 4.78 is 33.0. The molecule has 22 heavy (non-hydrogen) atoms. The number of aromatic nitrogens is 2. The first-order chi connectivity index (χ1) is 10.5. The Morgan fingerprint density at radius 3 is 2.91 bits per heavy atom. The van der Waals surface area contributed by atoms with Gasteiger partial charge in [0.2, 0.25) is 0 Å². The average Bonchev–Trinajstić information content (AvgIpc) is 2.86. The van der Waals surface area contributed by atoms with E-state index in [9.17, 15) is 8.42 Å². The summed E-state index contributed by atoms with van der Waals surface area (Å²) in [6.45, 7) is 1.96. The lowest BCUT2D eigenvalue weighted by molar-refractivity contribution is 0.254. The number of hydrogen-bond acceptors (Lipinski definition) is 6. The second kappa shape index (κ2) is 5.77. The number of nitrogens with one attached hydrogen (secondary N) is 1. The van der Waals surface area contributed by atoms with E-state index in [4.69, 9.17) is 4.74 Å². The number of rotatable bonds is 4. The smallest absolute Gasteiger partial charge is 0.263 e. The van der Waals surface area contributed by atoms with Gasteiger partial charge in [0.1, 0.15) is 29.0 Å². The molecule has 8 heteroatoms. The Morgan fingerprint density at radius 2 is 2.14 bits per heavy atom. The molecule has 0 aliphatic carbocycles. The highest BCUT2D eigenvalue weighted by molar-refractivity contribution is 7.98. The molecule has 1 atom stereocenters. The molecule has 1 aromatic heterocycles. The van der Waals surface area contributed by atoms with Gasteiger partial charge in [-0.3, -0.25) is 4.72 Å². The van der Waals surface area contributed by atoms with E-state index >= 15 is 0 Å². The number of sulfonamides is 1. The van der Waals surface area contributed by atoms with Crippen molar-refractivity contribution in [3.05, 3.63) is 36.2 Å². The molecular formula is C14H15N3O3S2. The topological polar surface area (TPSA) is 81.2 Å². The highest BCUT2D eigenvalue weighted by Gasteiger charge is 2.23. The third-order valence-corrected chi connectivity index (χ3v) is 5.26. The number of anilines is 1. The molecule has 0 amide bonds. The highest BCUT2D eigenvalue weighted by Crippen LogP contribution is 2.31. The molecule has 2 aromatic rings. The number of thioether (sulfide) groups is 1. The zero-order chi connectivity index (χ0) is 15.7. The Kier molecular flexibility index (Phi) is 3.96. The minimum atomic E-state index is -3.68. The van der Waals surface area contributed by atoms with Gasteiger partial charge in [-0.25, -0.2) is 18.4 Å². The van der Waals surface area contributed by atoms with Crippen LogP contribution in [0.2, 0.25) is 0 Å². The summed E-state index contributed by atoms with van der Waals surface area (Å²) in [5, 5.41) is 0.698. The second-order valence-corrected chi connectivity index (χ2v) is 7.46. The third kappa shape index (κ3) is 3.02. The Hall–Kier alpha value is -1.80. The van der Waals surface area contributed by atoms with Crippen LogP contribution in [0.5, 0.6) is 5.75 Å². The van der Waals surface area contributed by atoms with Gasteiger partial charge in [0.05, 0.1) is 4.90 Å². The van der Waals surface area contributed by atoms with Crippen LogP contribution in [0.3, 0.4) is 0 Å². The molecule has 0 radical (unpaired) electrons. The van der Waals surface area contributed by atoms with E-state index in [0.29, 0.717) is 11.4 Å². The molecule has 0 bridgehead atoms. The van der Waals surface area contributed by atoms with Crippen molar-refractivity contribution in [2.75, 3.05) is 11.0 Å². The van der Waals surface area contributed by atoms with Crippen molar-refractivity contribution in [2.45, 2.75) is 29.4 Å². The van der Waals surface area contributed by atoms with E-state index in [1.807, 2.05) is 13.2 Å². The first-order valence-electron chi connectivity index (χ1n) is 6.66. The number of benzene rings is 1. The lowest BCUT2D eigenvalue weighted by Crippen LogP contribution is -2.14. The van der Waals surface area contributed by atoms with Gasteiger partial charge >= 0.3 is 0 Å². The highest BCUT2D eigenvalue weighted by atomic mass is 32.2. The van der Waals surface area contributed by atoms with Crippen molar-refractivity contribution in [1.29, 1.82) is 0 Å². The van der Waals surface area contributed by atoms with Crippen LogP contribution in [0.4, 0.5) is 5.82 Å². The predicted molar refractivity (Wildman–Crippen MR) is 84.9 cm³/mol. The molecule has 2 heterocycles. The van der Waals surface area contributed by atoms with Crippen molar-refractivity contribution in [1.82, 2.24) is 9.97 Å². The molecule has 0 fully saturated rings. The Bertz CT molecular complexity index is 809. The zero-order valence-electron chi connectivity index (χ0n) is 12.1. The maximum absolute atomic E-state index is 12.5. The zero-order valence-corrected chi connectivity index (χ0v) is 13.7. The molecule has 6 nitrogen and oxygen atoms in total. The van der Waals surface area contributed by atoms with Gasteiger partial charge in [-0.1, -0.05) is 0 Å². The van der Waals surface area contributed by atoms with Crippen LogP contribution in [0, 0.1) is 0 Å². The second-order valence-electron chi connectivity index (χ2n) is 4.95. The maximum Gasteiger partial charge on any atom is 0.263 e. The molecule has 0 saturated heterocycles. The fourth-order valence-corrected chi connectivity index (χ4v) is 3.70. The van der Waals surface area contributed by atoms with Gasteiger partial charge in [0.15, 0.2) is 0 Å². The lowest BCUT2D eigenvalue weighted by atomic mass is 10.1. The van der Waals surface area contributed by atoms with Gasteiger partial charge in [0, 0.05) is 12.5 Å². The van der Waals surface area contributed by atoms with Crippen LogP contribution in [0.15, 0.2) is 40.5 Å².